The Bertz CT molecular complexity index is 883. The van der Waals surface area contributed by atoms with Gasteiger partial charge in [0, 0.05) is 48.8 Å². The molecular formula is C21H23F4N3O2. The lowest BCUT2D eigenvalue weighted by molar-refractivity contribution is 0.0631. The van der Waals surface area contributed by atoms with E-state index in [2.05, 4.69) is 4.98 Å². The first-order valence-corrected chi connectivity index (χ1v) is 10.2. The Labute approximate surface area is 171 Å². The van der Waals surface area contributed by atoms with E-state index in [9.17, 15) is 27.2 Å². The number of hydrogen-bond donors (Lipinski definition) is 0. The fraction of sp³-hybridized carbons (Fsp3) is 0.667. The molecule has 0 spiro atoms. The molecular weight excluding hydrogens is 402 g/mol. The van der Waals surface area contributed by atoms with Crippen molar-refractivity contribution in [2.75, 3.05) is 26.2 Å². The summed E-state index contributed by atoms with van der Waals surface area (Å²) >= 11 is 0. The van der Waals surface area contributed by atoms with Crippen molar-refractivity contribution in [2.24, 2.45) is 22.7 Å². The second-order valence-electron chi connectivity index (χ2n) is 9.62. The first-order valence-electron chi connectivity index (χ1n) is 10.2. The minimum Gasteiger partial charge on any atom is -0.338 e. The number of amides is 2. The van der Waals surface area contributed by atoms with Crippen molar-refractivity contribution in [2.45, 2.75) is 38.5 Å². The van der Waals surface area contributed by atoms with Crippen LogP contribution < -0.4 is 0 Å². The topological polar surface area (TPSA) is 53.5 Å². The maximum Gasteiger partial charge on any atom is 0.272 e. The lowest BCUT2D eigenvalue weighted by atomic mass is 9.97. The molecule has 9 heteroatoms. The van der Waals surface area contributed by atoms with Crippen LogP contribution in [0.3, 0.4) is 0 Å². The van der Waals surface area contributed by atoms with Gasteiger partial charge in [-0.1, -0.05) is 13.8 Å². The van der Waals surface area contributed by atoms with Gasteiger partial charge < -0.3 is 9.80 Å². The Morgan fingerprint density at radius 2 is 1.43 bits per heavy atom. The van der Waals surface area contributed by atoms with Gasteiger partial charge in [0.25, 0.3) is 23.7 Å². The van der Waals surface area contributed by atoms with E-state index in [1.807, 2.05) is 0 Å². The standard InChI is InChI=1S/C21H23F4N3O2/c1-18-4-7-27(10-14(18)20(18,22)23)16(29)12-3-6-26-13(9-12)17(30)28-8-5-19(2)15(11-28)21(19,24)25/h3,6,9,14-15H,4-5,7-8,10-11H2,1-2H3. The quantitative estimate of drug-likeness (QED) is 0.684. The van der Waals surface area contributed by atoms with Crippen LogP contribution in [0, 0.1) is 22.7 Å². The number of hydrogen-bond acceptors (Lipinski definition) is 3. The molecule has 4 unspecified atom stereocenters. The number of likely N-dealkylation sites (tertiary alicyclic amines) is 2. The highest BCUT2D eigenvalue weighted by Crippen LogP contribution is 2.70. The van der Waals surface area contributed by atoms with Gasteiger partial charge in [-0.05, 0) is 25.0 Å². The van der Waals surface area contributed by atoms with Crippen LogP contribution in [-0.2, 0) is 0 Å². The third kappa shape index (κ3) is 2.37. The lowest BCUT2D eigenvalue weighted by Gasteiger charge is -2.29. The number of carbonyl (C=O) groups excluding carboxylic acids is 2. The second-order valence-corrected chi connectivity index (χ2v) is 9.62. The molecule has 2 amide bonds. The van der Waals surface area contributed by atoms with E-state index in [4.69, 9.17) is 0 Å². The van der Waals surface area contributed by atoms with Crippen LogP contribution in [0.15, 0.2) is 18.3 Å². The van der Waals surface area contributed by atoms with Crippen LogP contribution in [0.1, 0.15) is 47.5 Å². The number of piperidine rings is 2. The highest BCUT2D eigenvalue weighted by Gasteiger charge is 2.79. The molecule has 2 aliphatic heterocycles. The molecule has 2 saturated carbocycles. The first-order chi connectivity index (χ1) is 13.9. The molecule has 1 aromatic heterocycles. The summed E-state index contributed by atoms with van der Waals surface area (Å²) in [5.41, 5.74) is -1.87. The van der Waals surface area contributed by atoms with Gasteiger partial charge in [0.1, 0.15) is 5.69 Å². The summed E-state index contributed by atoms with van der Waals surface area (Å²) in [4.78, 5) is 32.4. The summed E-state index contributed by atoms with van der Waals surface area (Å²) in [7, 11) is 0. The predicted octanol–water partition coefficient (Wildman–Crippen LogP) is 3.32. The third-order valence-corrected chi connectivity index (χ3v) is 8.18. The van der Waals surface area contributed by atoms with Crippen LogP contribution in [-0.4, -0.2) is 64.6 Å². The minimum absolute atomic E-state index is 0.00650. The summed E-state index contributed by atoms with van der Waals surface area (Å²) in [6.45, 7) is 3.48. The third-order valence-electron chi connectivity index (χ3n) is 8.18. The van der Waals surface area contributed by atoms with E-state index in [-0.39, 0.29) is 50.3 Å². The molecule has 4 fully saturated rings. The number of rotatable bonds is 2. The maximum absolute atomic E-state index is 14.0. The van der Waals surface area contributed by atoms with E-state index in [0.29, 0.717) is 0 Å². The van der Waals surface area contributed by atoms with Crippen molar-refractivity contribution in [3.8, 4) is 0 Å². The molecule has 4 aliphatic rings. The molecule has 5 nitrogen and oxygen atoms in total. The lowest BCUT2D eigenvalue weighted by Crippen LogP contribution is -2.40. The van der Waals surface area contributed by atoms with Crippen LogP contribution in [0.2, 0.25) is 0 Å². The highest BCUT2D eigenvalue weighted by atomic mass is 19.3. The Morgan fingerprint density at radius 1 is 0.933 bits per heavy atom. The number of fused-ring (bicyclic) bond motifs is 2. The largest absolute Gasteiger partial charge is 0.338 e. The molecule has 4 atom stereocenters. The van der Waals surface area contributed by atoms with Crippen LogP contribution >= 0.6 is 0 Å². The maximum atomic E-state index is 14.0. The number of carbonyl (C=O) groups is 2. The molecule has 2 aliphatic carbocycles. The Balaban J connectivity index is 1.29. The molecule has 0 N–H and O–H groups in total. The number of nitrogens with zero attached hydrogens (tertiary/aromatic N) is 3. The average molecular weight is 425 g/mol. The average Bonchev–Trinajstić information content (AvgIpc) is 3.38. The van der Waals surface area contributed by atoms with Gasteiger partial charge in [-0.25, -0.2) is 17.6 Å². The predicted molar refractivity (Wildman–Crippen MR) is 98.4 cm³/mol. The van der Waals surface area contributed by atoms with Gasteiger partial charge in [0.15, 0.2) is 0 Å². The van der Waals surface area contributed by atoms with Crippen molar-refractivity contribution < 1.29 is 27.2 Å². The van der Waals surface area contributed by atoms with Gasteiger partial charge in [0.2, 0.25) is 0 Å². The molecule has 2 saturated heterocycles. The zero-order valence-electron chi connectivity index (χ0n) is 16.8. The van der Waals surface area contributed by atoms with Crippen molar-refractivity contribution >= 4 is 11.8 Å². The molecule has 30 heavy (non-hydrogen) atoms. The zero-order chi connectivity index (χ0) is 21.7. The van der Waals surface area contributed by atoms with E-state index in [0.717, 1.165) is 0 Å². The van der Waals surface area contributed by atoms with Gasteiger partial charge in [-0.2, -0.15) is 0 Å². The number of halogens is 4. The van der Waals surface area contributed by atoms with Crippen LogP contribution in [0.4, 0.5) is 17.6 Å². The van der Waals surface area contributed by atoms with E-state index < -0.39 is 46.3 Å². The minimum atomic E-state index is -2.76. The van der Waals surface area contributed by atoms with E-state index in [1.165, 1.54) is 28.1 Å². The van der Waals surface area contributed by atoms with Gasteiger partial charge in [-0.3, -0.25) is 14.6 Å². The van der Waals surface area contributed by atoms with Crippen LogP contribution in [0.25, 0.3) is 0 Å². The molecule has 1 aromatic rings. The molecule has 0 aromatic carbocycles. The number of aromatic nitrogens is 1. The van der Waals surface area contributed by atoms with Crippen molar-refractivity contribution in [3.05, 3.63) is 29.6 Å². The first kappa shape index (κ1) is 19.8. The smallest absolute Gasteiger partial charge is 0.272 e. The Morgan fingerprint density at radius 3 is 1.93 bits per heavy atom. The fourth-order valence-electron chi connectivity index (χ4n) is 5.41. The monoisotopic (exact) mass is 425 g/mol. The normalized spacial score (nSPS) is 37.8. The summed E-state index contributed by atoms with van der Waals surface area (Å²) in [5.74, 6) is -8.12. The summed E-state index contributed by atoms with van der Waals surface area (Å²) in [5, 5.41) is 0. The Kier molecular flexibility index (Phi) is 3.78. The number of alkyl halides is 4. The molecule has 5 rings (SSSR count). The SMILES string of the molecule is CC12CCN(C(=O)c3ccnc(C(=O)N4CCC5(C)C(C4)C5(F)F)c3)CC1C2(F)F. The van der Waals surface area contributed by atoms with Gasteiger partial charge in [0.05, 0.1) is 11.8 Å². The molecule has 162 valence electrons. The Hall–Kier alpha value is -2.19. The van der Waals surface area contributed by atoms with E-state index >= 15 is 0 Å². The summed E-state index contributed by atoms with van der Waals surface area (Å²) in [6.07, 6.45) is 1.77. The summed E-state index contributed by atoms with van der Waals surface area (Å²) < 4.78 is 55.9. The number of pyridine rings is 1. The van der Waals surface area contributed by atoms with Crippen molar-refractivity contribution in [1.82, 2.24) is 14.8 Å². The van der Waals surface area contributed by atoms with Crippen molar-refractivity contribution in [3.63, 3.8) is 0 Å². The summed E-state index contributed by atoms with van der Waals surface area (Å²) in [6, 6.07) is 2.78. The second kappa shape index (κ2) is 5.73. The molecule has 3 heterocycles. The molecule has 0 bridgehead atoms. The van der Waals surface area contributed by atoms with Gasteiger partial charge >= 0.3 is 0 Å². The molecule has 0 radical (unpaired) electrons. The van der Waals surface area contributed by atoms with Crippen molar-refractivity contribution in [1.29, 1.82) is 0 Å². The zero-order valence-corrected chi connectivity index (χ0v) is 16.8. The fourth-order valence-corrected chi connectivity index (χ4v) is 5.41. The van der Waals surface area contributed by atoms with Crippen LogP contribution in [0.5, 0.6) is 0 Å². The van der Waals surface area contributed by atoms with E-state index in [1.54, 1.807) is 13.8 Å². The highest BCUT2D eigenvalue weighted by molar-refractivity contribution is 5.98. The van der Waals surface area contributed by atoms with Gasteiger partial charge in [-0.15, -0.1) is 0 Å².